The number of hydrogen-bond donors (Lipinski definition) is 1. The first-order chi connectivity index (χ1) is 7.97. The van der Waals surface area contributed by atoms with E-state index < -0.39 is 11.7 Å². The van der Waals surface area contributed by atoms with Crippen LogP contribution in [0.4, 0.5) is 18.9 Å². The highest BCUT2D eigenvalue weighted by atomic mass is 19.4. The van der Waals surface area contributed by atoms with Crippen LogP contribution >= 0.6 is 0 Å². The van der Waals surface area contributed by atoms with E-state index in [0.29, 0.717) is 0 Å². The zero-order valence-corrected chi connectivity index (χ0v) is 8.36. The number of carbonyl (C=O) groups is 2. The minimum Gasteiger partial charge on any atom is -0.296 e. The highest BCUT2D eigenvalue weighted by Crippen LogP contribution is 2.29. The number of anilines is 1. The van der Waals surface area contributed by atoms with Crippen LogP contribution in [0.2, 0.25) is 0 Å². The van der Waals surface area contributed by atoms with Gasteiger partial charge in [0.2, 0.25) is 0 Å². The molecule has 0 aliphatic carbocycles. The van der Waals surface area contributed by atoms with Gasteiger partial charge in [-0.2, -0.15) is 18.3 Å². The monoisotopic (exact) mass is 244 g/mol. The molecular formula is C10H7F3N2O2. The van der Waals surface area contributed by atoms with Crippen LogP contribution in [0.3, 0.4) is 0 Å². The Bertz CT molecular complexity index is 428. The van der Waals surface area contributed by atoms with E-state index in [0.717, 1.165) is 24.3 Å². The van der Waals surface area contributed by atoms with Crippen LogP contribution in [-0.2, 0) is 15.8 Å². The van der Waals surface area contributed by atoms with Crippen LogP contribution in [0.5, 0.6) is 0 Å². The molecule has 0 aliphatic rings. The SMILES string of the molecule is O=CC(C=O)=NNc1ccc(C(F)(F)F)cc1. The Morgan fingerprint density at radius 1 is 1.12 bits per heavy atom. The zero-order chi connectivity index (χ0) is 12.9. The number of alkyl halides is 3. The van der Waals surface area contributed by atoms with Gasteiger partial charge in [0.05, 0.1) is 11.3 Å². The van der Waals surface area contributed by atoms with Crippen LogP contribution in [0, 0.1) is 0 Å². The molecule has 7 heteroatoms. The van der Waals surface area contributed by atoms with Crippen molar-refractivity contribution in [1.82, 2.24) is 0 Å². The Balaban J connectivity index is 2.79. The molecule has 1 aromatic rings. The van der Waals surface area contributed by atoms with Crippen molar-refractivity contribution in [3.63, 3.8) is 0 Å². The number of aldehydes is 2. The fourth-order valence-electron chi connectivity index (χ4n) is 0.943. The quantitative estimate of drug-likeness (QED) is 0.380. The second-order valence-corrected chi connectivity index (χ2v) is 2.96. The molecule has 0 saturated carbocycles. The number of carbonyl (C=O) groups excluding carboxylic acids is 2. The minimum atomic E-state index is -4.40. The molecule has 0 spiro atoms. The molecule has 0 unspecified atom stereocenters. The van der Waals surface area contributed by atoms with E-state index in [9.17, 15) is 22.8 Å². The summed E-state index contributed by atoms with van der Waals surface area (Å²) in [6, 6.07) is 4.00. The summed E-state index contributed by atoms with van der Waals surface area (Å²) in [4.78, 5) is 20.4. The molecule has 90 valence electrons. The van der Waals surface area contributed by atoms with Gasteiger partial charge in [0.25, 0.3) is 0 Å². The average Bonchev–Trinajstić information content (AvgIpc) is 2.30. The third-order valence-electron chi connectivity index (χ3n) is 1.77. The van der Waals surface area contributed by atoms with E-state index in [1.165, 1.54) is 0 Å². The molecule has 4 nitrogen and oxygen atoms in total. The van der Waals surface area contributed by atoms with Crippen LogP contribution in [-0.4, -0.2) is 18.3 Å². The smallest absolute Gasteiger partial charge is 0.296 e. The van der Waals surface area contributed by atoms with Crippen molar-refractivity contribution in [3.05, 3.63) is 29.8 Å². The molecule has 0 heterocycles. The lowest BCUT2D eigenvalue weighted by Crippen LogP contribution is -2.06. The van der Waals surface area contributed by atoms with Gasteiger partial charge in [0.1, 0.15) is 0 Å². The van der Waals surface area contributed by atoms with E-state index in [2.05, 4.69) is 10.5 Å². The van der Waals surface area contributed by atoms with Crippen molar-refractivity contribution in [2.24, 2.45) is 5.10 Å². The number of rotatable bonds is 4. The predicted octanol–water partition coefficient (Wildman–Crippen LogP) is 1.87. The average molecular weight is 244 g/mol. The lowest BCUT2D eigenvalue weighted by Gasteiger charge is -2.07. The normalized spacial score (nSPS) is 10.5. The van der Waals surface area contributed by atoms with Crippen LogP contribution in [0.1, 0.15) is 5.56 Å². The second-order valence-electron chi connectivity index (χ2n) is 2.96. The largest absolute Gasteiger partial charge is 0.416 e. The van der Waals surface area contributed by atoms with Gasteiger partial charge in [-0.1, -0.05) is 0 Å². The summed E-state index contributed by atoms with van der Waals surface area (Å²) in [6.45, 7) is 0. The first-order valence-electron chi connectivity index (χ1n) is 4.38. The summed E-state index contributed by atoms with van der Waals surface area (Å²) in [6.07, 6.45) is -3.95. The Morgan fingerprint density at radius 3 is 2.06 bits per heavy atom. The van der Waals surface area contributed by atoms with E-state index >= 15 is 0 Å². The number of nitrogens with one attached hydrogen (secondary N) is 1. The highest BCUT2D eigenvalue weighted by Gasteiger charge is 2.29. The Morgan fingerprint density at radius 2 is 1.65 bits per heavy atom. The molecule has 0 bridgehead atoms. The summed E-state index contributed by atoms with van der Waals surface area (Å²) >= 11 is 0. The van der Waals surface area contributed by atoms with Gasteiger partial charge in [0, 0.05) is 0 Å². The summed E-state index contributed by atoms with van der Waals surface area (Å²) in [5, 5.41) is 3.37. The van der Waals surface area contributed by atoms with E-state index in [4.69, 9.17) is 0 Å². The summed E-state index contributed by atoms with van der Waals surface area (Å²) < 4.78 is 36.6. The van der Waals surface area contributed by atoms with Crippen molar-refractivity contribution in [1.29, 1.82) is 0 Å². The Kier molecular flexibility index (Phi) is 3.97. The number of hydrogen-bond acceptors (Lipinski definition) is 4. The summed E-state index contributed by atoms with van der Waals surface area (Å²) in [7, 11) is 0. The zero-order valence-electron chi connectivity index (χ0n) is 8.36. The standard InChI is InChI=1S/C10H7F3N2O2/c11-10(12,13)7-1-3-8(4-2-7)14-15-9(5-16)6-17/h1-6,14H. The number of nitrogens with zero attached hydrogens (tertiary/aromatic N) is 1. The minimum absolute atomic E-state index is 0.226. The van der Waals surface area contributed by atoms with Gasteiger partial charge in [-0.3, -0.25) is 15.0 Å². The number of benzene rings is 1. The maximum atomic E-state index is 12.2. The molecule has 0 aromatic heterocycles. The van der Waals surface area contributed by atoms with Crippen molar-refractivity contribution in [3.8, 4) is 0 Å². The van der Waals surface area contributed by atoms with Gasteiger partial charge in [-0.15, -0.1) is 0 Å². The first-order valence-corrected chi connectivity index (χ1v) is 4.38. The predicted molar refractivity (Wildman–Crippen MR) is 54.6 cm³/mol. The van der Waals surface area contributed by atoms with Gasteiger partial charge >= 0.3 is 6.18 Å². The summed E-state index contributed by atoms with van der Waals surface area (Å²) in [5.41, 5.74) is 1.34. The van der Waals surface area contributed by atoms with Crippen molar-refractivity contribution >= 4 is 24.0 Å². The fraction of sp³-hybridized carbons (Fsp3) is 0.100. The third kappa shape index (κ3) is 3.71. The van der Waals surface area contributed by atoms with Crippen molar-refractivity contribution in [2.75, 3.05) is 5.43 Å². The topological polar surface area (TPSA) is 58.5 Å². The van der Waals surface area contributed by atoms with Crippen LogP contribution in [0.25, 0.3) is 0 Å². The summed E-state index contributed by atoms with van der Waals surface area (Å²) in [5.74, 6) is 0. The highest BCUT2D eigenvalue weighted by molar-refractivity contribution is 6.53. The van der Waals surface area contributed by atoms with Crippen LogP contribution < -0.4 is 5.43 Å². The fourth-order valence-corrected chi connectivity index (χ4v) is 0.943. The van der Waals surface area contributed by atoms with Crippen molar-refractivity contribution < 1.29 is 22.8 Å². The third-order valence-corrected chi connectivity index (χ3v) is 1.77. The van der Waals surface area contributed by atoms with E-state index in [1.54, 1.807) is 0 Å². The van der Waals surface area contributed by atoms with Crippen molar-refractivity contribution in [2.45, 2.75) is 6.18 Å². The van der Waals surface area contributed by atoms with Crippen LogP contribution in [0.15, 0.2) is 29.4 Å². The molecular weight excluding hydrogens is 237 g/mol. The molecule has 0 saturated heterocycles. The molecule has 0 atom stereocenters. The lowest BCUT2D eigenvalue weighted by atomic mass is 10.2. The Hall–Kier alpha value is -2.18. The molecule has 1 N–H and O–H groups in total. The second kappa shape index (κ2) is 5.24. The molecule has 0 aliphatic heterocycles. The Labute approximate surface area is 94.1 Å². The maximum Gasteiger partial charge on any atom is 0.416 e. The maximum absolute atomic E-state index is 12.2. The van der Waals surface area contributed by atoms with E-state index in [1.807, 2.05) is 0 Å². The molecule has 0 fully saturated rings. The van der Waals surface area contributed by atoms with Gasteiger partial charge in [0.15, 0.2) is 18.3 Å². The molecule has 0 amide bonds. The van der Waals surface area contributed by atoms with Gasteiger partial charge in [-0.05, 0) is 24.3 Å². The first kappa shape index (κ1) is 12.9. The molecule has 1 rings (SSSR count). The molecule has 0 radical (unpaired) electrons. The number of halogens is 3. The molecule has 1 aromatic carbocycles. The lowest BCUT2D eigenvalue weighted by molar-refractivity contribution is -0.137. The van der Waals surface area contributed by atoms with Gasteiger partial charge in [-0.25, -0.2) is 0 Å². The molecule has 17 heavy (non-hydrogen) atoms. The number of hydrazone groups is 1. The van der Waals surface area contributed by atoms with Gasteiger partial charge < -0.3 is 0 Å². The van der Waals surface area contributed by atoms with E-state index in [-0.39, 0.29) is 24.0 Å².